The van der Waals surface area contributed by atoms with E-state index in [9.17, 15) is 8.42 Å². The van der Waals surface area contributed by atoms with Gasteiger partial charge in [-0.15, -0.1) is 11.6 Å². The standard InChI is InChI=1S/C14H23ClN2O3S/c1-11(2)16-9-13(7-12(16)8-15)21(18,19)17-5-6-20-10-14(17,3)4/h7,9,11H,5-6,8,10H2,1-4H3. The van der Waals surface area contributed by atoms with Gasteiger partial charge in [-0.05, 0) is 33.8 Å². The molecule has 1 aromatic heterocycles. The molecular formula is C14H23ClN2O3S. The van der Waals surface area contributed by atoms with Gasteiger partial charge in [0.05, 0.1) is 24.6 Å². The van der Waals surface area contributed by atoms with Crippen LogP contribution in [-0.2, 0) is 20.6 Å². The molecule has 1 aliphatic rings. The monoisotopic (exact) mass is 334 g/mol. The van der Waals surface area contributed by atoms with Crippen LogP contribution < -0.4 is 0 Å². The first-order valence-corrected chi connectivity index (χ1v) is 9.05. The predicted octanol–water partition coefficient (Wildman–Crippen LogP) is 2.61. The third-order valence-electron chi connectivity index (χ3n) is 3.76. The average Bonchev–Trinajstić information content (AvgIpc) is 2.82. The first kappa shape index (κ1) is 16.8. The summed E-state index contributed by atoms with van der Waals surface area (Å²) in [6.45, 7) is 8.97. The number of rotatable bonds is 4. The third-order valence-corrected chi connectivity index (χ3v) is 6.11. The van der Waals surface area contributed by atoms with Crippen LogP contribution in [0.3, 0.4) is 0 Å². The van der Waals surface area contributed by atoms with Crippen molar-refractivity contribution in [2.75, 3.05) is 19.8 Å². The Hall–Kier alpha value is -0.560. The Balaban J connectivity index is 2.44. The van der Waals surface area contributed by atoms with Gasteiger partial charge in [0.1, 0.15) is 4.90 Å². The predicted molar refractivity (Wildman–Crippen MR) is 83.2 cm³/mol. The van der Waals surface area contributed by atoms with Crippen molar-refractivity contribution in [1.82, 2.24) is 8.87 Å². The van der Waals surface area contributed by atoms with E-state index in [1.54, 1.807) is 12.3 Å². The molecule has 2 heterocycles. The van der Waals surface area contributed by atoms with Gasteiger partial charge < -0.3 is 9.30 Å². The van der Waals surface area contributed by atoms with E-state index in [0.29, 0.717) is 30.5 Å². The Morgan fingerprint density at radius 3 is 2.57 bits per heavy atom. The quantitative estimate of drug-likeness (QED) is 0.795. The van der Waals surface area contributed by atoms with Crippen LogP contribution in [0.5, 0.6) is 0 Å². The van der Waals surface area contributed by atoms with E-state index in [1.807, 2.05) is 32.3 Å². The number of hydrogen-bond donors (Lipinski definition) is 0. The Morgan fingerprint density at radius 1 is 1.43 bits per heavy atom. The summed E-state index contributed by atoms with van der Waals surface area (Å²) >= 11 is 5.93. The highest BCUT2D eigenvalue weighted by Crippen LogP contribution is 2.29. The van der Waals surface area contributed by atoms with Crippen LogP contribution >= 0.6 is 11.6 Å². The molecule has 0 atom stereocenters. The van der Waals surface area contributed by atoms with Crippen LogP contribution in [0.15, 0.2) is 17.2 Å². The summed E-state index contributed by atoms with van der Waals surface area (Å²) in [6, 6.07) is 1.84. The van der Waals surface area contributed by atoms with E-state index in [1.165, 1.54) is 4.31 Å². The summed E-state index contributed by atoms with van der Waals surface area (Å²) in [7, 11) is -3.54. The van der Waals surface area contributed by atoms with Gasteiger partial charge in [0.2, 0.25) is 10.0 Å². The maximum Gasteiger partial charge on any atom is 0.245 e. The van der Waals surface area contributed by atoms with Gasteiger partial charge in [-0.2, -0.15) is 4.31 Å². The maximum absolute atomic E-state index is 12.9. The highest BCUT2D eigenvalue weighted by atomic mass is 35.5. The van der Waals surface area contributed by atoms with Gasteiger partial charge in [-0.25, -0.2) is 8.42 Å². The molecule has 0 spiro atoms. The van der Waals surface area contributed by atoms with Crippen molar-refractivity contribution in [1.29, 1.82) is 0 Å². The van der Waals surface area contributed by atoms with Crippen LogP contribution in [0.1, 0.15) is 39.4 Å². The van der Waals surface area contributed by atoms with Gasteiger partial charge in [0.25, 0.3) is 0 Å². The van der Waals surface area contributed by atoms with Crippen molar-refractivity contribution in [2.45, 2.75) is 50.1 Å². The Bertz CT molecular complexity index is 608. The van der Waals surface area contributed by atoms with Gasteiger partial charge >= 0.3 is 0 Å². The van der Waals surface area contributed by atoms with Crippen molar-refractivity contribution in [2.24, 2.45) is 0 Å². The molecule has 120 valence electrons. The topological polar surface area (TPSA) is 51.5 Å². The molecule has 1 saturated heterocycles. The number of morpholine rings is 1. The van der Waals surface area contributed by atoms with Crippen molar-refractivity contribution in [3.05, 3.63) is 18.0 Å². The fourth-order valence-corrected chi connectivity index (χ4v) is 4.66. The number of hydrogen-bond acceptors (Lipinski definition) is 3. The third kappa shape index (κ3) is 3.13. The first-order chi connectivity index (χ1) is 9.70. The normalized spacial score (nSPS) is 20.1. The van der Waals surface area contributed by atoms with Crippen LogP contribution in [0.4, 0.5) is 0 Å². The molecule has 0 saturated carbocycles. The molecular weight excluding hydrogens is 312 g/mol. The Morgan fingerprint density at radius 2 is 2.10 bits per heavy atom. The first-order valence-electron chi connectivity index (χ1n) is 7.07. The van der Waals surface area contributed by atoms with Crippen molar-refractivity contribution in [3.63, 3.8) is 0 Å². The Labute approximate surface area is 131 Å². The van der Waals surface area contributed by atoms with Crippen LogP contribution in [0, 0.1) is 0 Å². The molecule has 0 aliphatic carbocycles. The van der Waals surface area contributed by atoms with E-state index in [0.717, 1.165) is 5.69 Å². The molecule has 0 unspecified atom stereocenters. The lowest BCUT2D eigenvalue weighted by Gasteiger charge is -2.40. The van der Waals surface area contributed by atoms with Crippen molar-refractivity contribution in [3.8, 4) is 0 Å². The number of ether oxygens (including phenoxy) is 1. The van der Waals surface area contributed by atoms with Crippen LogP contribution in [-0.4, -0.2) is 42.6 Å². The van der Waals surface area contributed by atoms with E-state index in [-0.39, 0.29) is 6.04 Å². The molecule has 0 amide bonds. The fraction of sp³-hybridized carbons (Fsp3) is 0.714. The van der Waals surface area contributed by atoms with Crippen molar-refractivity contribution < 1.29 is 13.2 Å². The second kappa shape index (κ2) is 5.91. The lowest BCUT2D eigenvalue weighted by molar-refractivity contribution is -0.00770. The lowest BCUT2D eigenvalue weighted by atomic mass is 10.1. The zero-order chi connectivity index (χ0) is 15.8. The number of alkyl halides is 1. The van der Waals surface area contributed by atoms with E-state index < -0.39 is 15.6 Å². The molecule has 0 bridgehead atoms. The fourth-order valence-electron chi connectivity index (χ4n) is 2.64. The molecule has 1 aromatic rings. The van der Waals surface area contributed by atoms with Gasteiger partial charge in [0, 0.05) is 24.5 Å². The zero-order valence-corrected chi connectivity index (χ0v) is 14.5. The molecule has 1 aliphatic heterocycles. The SMILES string of the molecule is CC(C)n1cc(S(=O)(=O)N2CCOCC2(C)C)cc1CCl. The summed E-state index contributed by atoms with van der Waals surface area (Å²) in [6.07, 6.45) is 1.68. The summed E-state index contributed by atoms with van der Waals surface area (Å²) in [5.41, 5.74) is 0.273. The zero-order valence-electron chi connectivity index (χ0n) is 13.0. The second-order valence-corrected chi connectivity index (χ2v) is 8.37. The molecule has 5 nitrogen and oxygen atoms in total. The van der Waals surface area contributed by atoms with Crippen LogP contribution in [0.25, 0.3) is 0 Å². The minimum atomic E-state index is -3.54. The number of halogens is 1. The highest BCUT2D eigenvalue weighted by molar-refractivity contribution is 7.89. The van der Waals surface area contributed by atoms with Gasteiger partial charge in [-0.3, -0.25) is 0 Å². The van der Waals surface area contributed by atoms with Gasteiger partial charge in [-0.1, -0.05) is 0 Å². The molecule has 21 heavy (non-hydrogen) atoms. The second-order valence-electron chi connectivity index (χ2n) is 6.24. The lowest BCUT2D eigenvalue weighted by Crippen LogP contribution is -2.55. The number of nitrogens with zero attached hydrogens (tertiary/aromatic N) is 2. The molecule has 0 N–H and O–H groups in total. The summed E-state index contributed by atoms with van der Waals surface area (Å²) < 4.78 is 34.7. The molecule has 7 heteroatoms. The summed E-state index contributed by atoms with van der Waals surface area (Å²) in [5, 5.41) is 0. The molecule has 0 aromatic carbocycles. The molecule has 2 rings (SSSR count). The minimum Gasteiger partial charge on any atom is -0.378 e. The smallest absolute Gasteiger partial charge is 0.245 e. The highest BCUT2D eigenvalue weighted by Gasteiger charge is 2.40. The largest absolute Gasteiger partial charge is 0.378 e. The molecule has 0 radical (unpaired) electrons. The Kier molecular flexibility index (Phi) is 4.73. The average molecular weight is 335 g/mol. The maximum atomic E-state index is 12.9. The van der Waals surface area contributed by atoms with Crippen molar-refractivity contribution >= 4 is 21.6 Å². The molecule has 1 fully saturated rings. The van der Waals surface area contributed by atoms with E-state index in [2.05, 4.69) is 0 Å². The summed E-state index contributed by atoms with van der Waals surface area (Å²) in [4.78, 5) is 0.307. The summed E-state index contributed by atoms with van der Waals surface area (Å²) in [5.74, 6) is 0.292. The number of aromatic nitrogens is 1. The van der Waals surface area contributed by atoms with Crippen LogP contribution in [0.2, 0.25) is 0 Å². The number of sulfonamides is 1. The minimum absolute atomic E-state index is 0.167. The van der Waals surface area contributed by atoms with E-state index >= 15 is 0 Å². The van der Waals surface area contributed by atoms with Gasteiger partial charge in [0.15, 0.2) is 0 Å². The van der Waals surface area contributed by atoms with E-state index in [4.69, 9.17) is 16.3 Å².